The standard InChI is InChI=1S/C34H43F3N4O5/c1-7-21-25-16-41(26(21)18(2)42)29(43)27(31(3,4)5)40-30(44)46-32(6)17-33(32)15-20(33)10-8-9-11-23-28(45-25)39-24-14-19(34(35,36)37)12-13-22(24)38-23/h12-14,20-21,25-27H,7-11,15-17H2,1-6H3,(H,40,44)/t20?,21-,25+,26-,27-,32-,33?/m1/s1. The monoisotopic (exact) mass is 644 g/mol. The highest BCUT2D eigenvalue weighted by molar-refractivity contribution is 5.92. The predicted molar refractivity (Wildman–Crippen MR) is 163 cm³/mol. The summed E-state index contributed by atoms with van der Waals surface area (Å²) in [6, 6.07) is 1.49. The lowest BCUT2D eigenvalue weighted by molar-refractivity contribution is -0.141. The maximum atomic E-state index is 14.3. The van der Waals surface area contributed by atoms with Crippen LogP contribution in [0, 0.1) is 22.7 Å². The molecule has 4 aliphatic rings. The SMILES string of the molecule is CC[C@@H]1[C@@H]2CN(C(=O)[C@H](C(C)(C)C)NC(=O)O[C@]3(C)CC34CC4CCCCc3nc4ccc(C(F)(F)F)cc4nc3O2)[C@@H]1C(C)=O. The number of halogens is 3. The van der Waals surface area contributed by atoms with Crippen LogP contribution in [0.1, 0.15) is 91.3 Å². The molecule has 7 atom stereocenters. The zero-order chi connectivity index (χ0) is 33.4. The number of aryl methyl sites for hydroxylation is 1. The second-order valence-corrected chi connectivity index (χ2v) is 15.0. The van der Waals surface area contributed by atoms with Crippen molar-refractivity contribution in [1.82, 2.24) is 20.2 Å². The van der Waals surface area contributed by atoms with Crippen LogP contribution in [0.25, 0.3) is 11.0 Å². The van der Waals surface area contributed by atoms with Crippen LogP contribution < -0.4 is 10.1 Å². The summed E-state index contributed by atoms with van der Waals surface area (Å²) in [6.45, 7) is 10.9. The summed E-state index contributed by atoms with van der Waals surface area (Å²) in [5.74, 6) is -0.513. The Morgan fingerprint density at radius 1 is 1.13 bits per heavy atom. The maximum absolute atomic E-state index is 14.3. The van der Waals surface area contributed by atoms with E-state index in [1.807, 2.05) is 34.6 Å². The maximum Gasteiger partial charge on any atom is 0.416 e. The Hall–Kier alpha value is -3.44. The van der Waals surface area contributed by atoms with E-state index in [9.17, 15) is 27.6 Å². The van der Waals surface area contributed by atoms with Gasteiger partial charge in [-0.05, 0) is 81.9 Å². The quantitative estimate of drug-likeness (QED) is 0.411. The van der Waals surface area contributed by atoms with E-state index in [0.717, 1.165) is 44.2 Å². The molecular formula is C34H43F3N4O5. The molecule has 2 saturated carbocycles. The number of fused-ring (bicyclic) bond motifs is 4. The minimum absolute atomic E-state index is 0.0369. The van der Waals surface area contributed by atoms with Crippen molar-refractivity contribution in [3.63, 3.8) is 0 Å². The Labute approximate surface area is 267 Å². The molecule has 2 unspecified atom stereocenters. The van der Waals surface area contributed by atoms with E-state index in [1.54, 1.807) is 0 Å². The summed E-state index contributed by atoms with van der Waals surface area (Å²) in [6.07, 6.45) is -0.527. The average molecular weight is 645 g/mol. The van der Waals surface area contributed by atoms with E-state index in [1.165, 1.54) is 17.9 Å². The minimum atomic E-state index is -4.55. The fourth-order valence-electron chi connectivity index (χ4n) is 8.06. The van der Waals surface area contributed by atoms with E-state index >= 15 is 0 Å². The molecule has 1 saturated heterocycles. The van der Waals surface area contributed by atoms with Gasteiger partial charge < -0.3 is 19.7 Å². The number of carbonyl (C=O) groups is 3. The molecule has 6 rings (SSSR count). The van der Waals surface area contributed by atoms with Gasteiger partial charge in [-0.25, -0.2) is 14.8 Å². The van der Waals surface area contributed by atoms with Gasteiger partial charge in [-0.2, -0.15) is 13.2 Å². The van der Waals surface area contributed by atoms with Crippen molar-refractivity contribution in [2.75, 3.05) is 6.54 Å². The van der Waals surface area contributed by atoms with E-state index in [4.69, 9.17) is 14.5 Å². The first-order chi connectivity index (χ1) is 21.5. The number of aromatic nitrogens is 2. The number of Topliss-reactive ketones (excluding diaryl/α,β-unsaturated/α-hetero) is 1. The average Bonchev–Trinajstić information content (AvgIpc) is 3.75. The molecule has 12 heteroatoms. The van der Waals surface area contributed by atoms with Crippen molar-refractivity contribution in [2.24, 2.45) is 22.7 Å². The summed E-state index contributed by atoms with van der Waals surface area (Å²) >= 11 is 0. The van der Waals surface area contributed by atoms with Crippen LogP contribution in [0.15, 0.2) is 18.2 Å². The van der Waals surface area contributed by atoms with Gasteiger partial charge in [0.25, 0.3) is 0 Å². The lowest BCUT2D eigenvalue weighted by Gasteiger charge is -2.35. The predicted octanol–water partition coefficient (Wildman–Crippen LogP) is 6.26. The Morgan fingerprint density at radius 2 is 1.87 bits per heavy atom. The Balaban J connectivity index is 1.40. The van der Waals surface area contributed by atoms with Crippen molar-refractivity contribution in [1.29, 1.82) is 0 Å². The van der Waals surface area contributed by atoms with Gasteiger partial charge in [-0.1, -0.05) is 34.1 Å². The van der Waals surface area contributed by atoms with Gasteiger partial charge in [-0.15, -0.1) is 0 Å². The van der Waals surface area contributed by atoms with Crippen LogP contribution in [0.2, 0.25) is 0 Å². The topological polar surface area (TPSA) is 111 Å². The van der Waals surface area contributed by atoms with E-state index in [2.05, 4.69) is 10.3 Å². The van der Waals surface area contributed by atoms with E-state index in [0.29, 0.717) is 30.0 Å². The number of ether oxygens (including phenoxy) is 2. The molecule has 2 aliphatic heterocycles. The molecule has 250 valence electrons. The van der Waals surface area contributed by atoms with Crippen molar-refractivity contribution in [3.05, 3.63) is 29.5 Å². The van der Waals surface area contributed by atoms with Gasteiger partial charge >= 0.3 is 12.3 Å². The van der Waals surface area contributed by atoms with Gasteiger partial charge in [0.2, 0.25) is 11.8 Å². The molecule has 2 bridgehead atoms. The van der Waals surface area contributed by atoms with Gasteiger partial charge in [0.1, 0.15) is 23.4 Å². The fraction of sp³-hybridized carbons (Fsp3) is 0.676. The number of carbonyl (C=O) groups excluding carboxylic acids is 3. The van der Waals surface area contributed by atoms with Crippen molar-refractivity contribution >= 4 is 28.8 Å². The van der Waals surface area contributed by atoms with Crippen LogP contribution >= 0.6 is 0 Å². The first-order valence-corrected chi connectivity index (χ1v) is 16.3. The molecular weight excluding hydrogens is 601 g/mol. The first kappa shape index (κ1) is 32.5. The largest absolute Gasteiger partial charge is 0.471 e. The van der Waals surface area contributed by atoms with Gasteiger partial charge in [0.05, 0.1) is 29.2 Å². The van der Waals surface area contributed by atoms with Crippen molar-refractivity contribution < 1.29 is 37.0 Å². The second kappa shape index (κ2) is 11.1. The summed E-state index contributed by atoms with van der Waals surface area (Å²) in [5, 5.41) is 2.84. The number of alkyl halides is 3. The third-order valence-corrected chi connectivity index (χ3v) is 10.8. The number of nitrogens with zero attached hydrogens (tertiary/aromatic N) is 3. The molecule has 2 amide bonds. The van der Waals surface area contributed by atoms with Crippen LogP contribution in [0.3, 0.4) is 0 Å². The van der Waals surface area contributed by atoms with Crippen LogP contribution in [-0.2, 0) is 26.9 Å². The molecule has 1 spiro atoms. The Kier molecular flexibility index (Phi) is 7.83. The minimum Gasteiger partial charge on any atom is -0.471 e. The normalized spacial score (nSPS) is 33.4. The van der Waals surface area contributed by atoms with Crippen LogP contribution in [0.5, 0.6) is 5.88 Å². The van der Waals surface area contributed by atoms with Gasteiger partial charge in [-0.3, -0.25) is 9.59 Å². The number of nitrogens with one attached hydrogen (secondary N) is 1. The summed E-state index contributed by atoms with van der Waals surface area (Å²) in [7, 11) is 0. The smallest absolute Gasteiger partial charge is 0.416 e. The van der Waals surface area contributed by atoms with Gasteiger partial charge in [0, 0.05) is 11.3 Å². The summed E-state index contributed by atoms with van der Waals surface area (Å²) in [4.78, 5) is 51.4. The van der Waals surface area contributed by atoms with Crippen LogP contribution in [-0.4, -0.2) is 63.0 Å². The molecule has 1 aromatic carbocycles. The fourth-order valence-corrected chi connectivity index (χ4v) is 8.06. The zero-order valence-electron chi connectivity index (χ0n) is 27.3. The van der Waals surface area contributed by atoms with E-state index < -0.39 is 58.9 Å². The highest BCUT2D eigenvalue weighted by Gasteiger charge is 2.79. The number of hydrogen-bond acceptors (Lipinski definition) is 7. The number of rotatable bonds is 2. The Morgan fingerprint density at radius 3 is 2.52 bits per heavy atom. The highest BCUT2D eigenvalue weighted by atomic mass is 19.4. The highest BCUT2D eigenvalue weighted by Crippen LogP contribution is 2.79. The lowest BCUT2D eigenvalue weighted by Crippen LogP contribution is -2.57. The molecule has 3 fully saturated rings. The van der Waals surface area contributed by atoms with Crippen molar-refractivity contribution in [2.45, 2.75) is 116 Å². The lowest BCUT2D eigenvalue weighted by atomic mass is 9.85. The third kappa shape index (κ3) is 5.70. The molecule has 9 nitrogen and oxygen atoms in total. The number of alkyl carbamates (subject to hydrolysis) is 1. The second-order valence-electron chi connectivity index (χ2n) is 15.0. The Bertz CT molecular complexity index is 1570. The molecule has 1 N–H and O–H groups in total. The molecule has 3 heterocycles. The molecule has 2 aliphatic carbocycles. The number of ketones is 1. The van der Waals surface area contributed by atoms with E-state index in [-0.39, 0.29) is 29.1 Å². The molecule has 1 aromatic heterocycles. The first-order valence-electron chi connectivity index (χ1n) is 16.3. The molecule has 46 heavy (non-hydrogen) atoms. The molecule has 0 radical (unpaired) electrons. The number of hydrogen-bond donors (Lipinski definition) is 1. The van der Waals surface area contributed by atoms with Crippen molar-refractivity contribution in [3.8, 4) is 5.88 Å². The summed E-state index contributed by atoms with van der Waals surface area (Å²) in [5.41, 5.74) is -1.24. The number of amides is 2. The summed E-state index contributed by atoms with van der Waals surface area (Å²) < 4.78 is 53.2. The molecule has 2 aromatic rings. The number of benzene rings is 1. The van der Waals surface area contributed by atoms with Gasteiger partial charge in [0.15, 0.2) is 5.78 Å². The zero-order valence-corrected chi connectivity index (χ0v) is 27.3. The van der Waals surface area contributed by atoms with Crippen LogP contribution in [0.4, 0.5) is 18.0 Å². The third-order valence-electron chi connectivity index (χ3n) is 10.8.